The minimum atomic E-state index is -10.1. The van der Waals surface area contributed by atoms with Crippen molar-refractivity contribution in [3.05, 3.63) is 53.9 Å². The van der Waals surface area contributed by atoms with Gasteiger partial charge >= 0.3 is 10.2 Å². The van der Waals surface area contributed by atoms with Crippen molar-refractivity contribution in [3.63, 3.8) is 0 Å². The van der Waals surface area contributed by atoms with E-state index in [2.05, 4.69) is 10.3 Å². The fraction of sp³-hybridized carbons (Fsp3) is 0.481. The van der Waals surface area contributed by atoms with E-state index < -0.39 is 75.1 Å². The number of benzene rings is 1. The molecule has 8 nitrogen and oxygen atoms in total. The van der Waals surface area contributed by atoms with E-state index in [0.717, 1.165) is 9.80 Å². The van der Waals surface area contributed by atoms with Crippen LogP contribution in [0, 0.1) is 18.4 Å². The van der Waals surface area contributed by atoms with Gasteiger partial charge in [-0.15, -0.1) is 0 Å². The van der Waals surface area contributed by atoms with Crippen molar-refractivity contribution < 1.29 is 42.9 Å². The van der Waals surface area contributed by atoms with E-state index in [9.17, 15) is 48.2 Å². The first-order chi connectivity index (χ1) is 19.6. The smallest absolute Gasteiger partial charge is 0.310 e. The van der Waals surface area contributed by atoms with Gasteiger partial charge < -0.3 is 10.4 Å². The van der Waals surface area contributed by atoms with Crippen LogP contribution in [-0.2, 0) is 9.59 Å². The van der Waals surface area contributed by atoms with Gasteiger partial charge in [0.05, 0.1) is 12.1 Å². The Morgan fingerprint density at radius 2 is 1.74 bits per heavy atom. The number of anilines is 1. The quantitative estimate of drug-likeness (QED) is 0.280. The SMILES string of the molecule is Cc1ccncc1C(C(=O)NC1CCC(F)(F)CC1)N(C(=O)[C@H]1C[C@@](C)(O)CN1C#N)c1ccc(S(F)(F)(F)(F)F)cc1. The lowest BCUT2D eigenvalue weighted by molar-refractivity contribution is -0.129. The molecule has 2 fully saturated rings. The predicted octanol–water partition coefficient (Wildman–Crippen LogP) is 6.12. The number of carbonyl (C=O) groups is 2. The van der Waals surface area contributed by atoms with Crippen molar-refractivity contribution in [2.24, 2.45) is 0 Å². The number of nitrogens with zero attached hydrogens (tertiary/aromatic N) is 4. The molecule has 2 N–H and O–H groups in total. The number of carbonyl (C=O) groups excluding carboxylic acids is 2. The lowest BCUT2D eigenvalue weighted by Crippen LogP contribution is -2.52. The average molecular weight is 638 g/mol. The molecule has 0 radical (unpaired) electrons. The molecule has 0 spiro atoms. The maximum Gasteiger partial charge on any atom is 0.310 e. The first-order valence-corrected chi connectivity index (χ1v) is 15.2. The van der Waals surface area contributed by atoms with E-state index in [0.29, 0.717) is 17.7 Å². The molecule has 236 valence electrons. The summed E-state index contributed by atoms with van der Waals surface area (Å²) in [6, 6.07) is -0.849. The predicted molar refractivity (Wildman–Crippen MR) is 144 cm³/mol. The summed E-state index contributed by atoms with van der Waals surface area (Å²) >= 11 is 0. The number of aromatic nitrogens is 1. The fourth-order valence-electron chi connectivity index (χ4n) is 5.45. The molecule has 1 saturated heterocycles. The molecule has 2 heterocycles. The van der Waals surface area contributed by atoms with E-state index in [-0.39, 0.29) is 43.5 Å². The summed E-state index contributed by atoms with van der Waals surface area (Å²) in [6.07, 6.45) is 2.95. The summed E-state index contributed by atoms with van der Waals surface area (Å²) in [5, 5.41) is 22.9. The molecule has 3 atom stereocenters. The largest absolute Gasteiger partial charge is 0.388 e. The van der Waals surface area contributed by atoms with Crippen molar-refractivity contribution in [1.82, 2.24) is 15.2 Å². The maximum atomic E-state index is 14.2. The number of nitriles is 1. The van der Waals surface area contributed by atoms with Gasteiger partial charge in [0, 0.05) is 48.9 Å². The maximum absolute atomic E-state index is 14.2. The lowest BCUT2D eigenvalue weighted by atomic mass is 9.91. The molecule has 16 heteroatoms. The van der Waals surface area contributed by atoms with Crippen LogP contribution in [0.15, 0.2) is 47.6 Å². The molecule has 1 unspecified atom stereocenters. The van der Waals surface area contributed by atoms with Crippen LogP contribution in [0.25, 0.3) is 0 Å². The van der Waals surface area contributed by atoms with Crippen LogP contribution in [0.3, 0.4) is 0 Å². The Kier molecular flexibility index (Phi) is 7.71. The molecule has 1 aromatic heterocycles. The number of hydrogen-bond acceptors (Lipinski definition) is 6. The summed E-state index contributed by atoms with van der Waals surface area (Å²) in [5.74, 6) is -4.78. The van der Waals surface area contributed by atoms with E-state index >= 15 is 0 Å². The summed E-state index contributed by atoms with van der Waals surface area (Å²) in [4.78, 5) is 31.6. The van der Waals surface area contributed by atoms with Crippen LogP contribution in [0.1, 0.15) is 56.2 Å². The van der Waals surface area contributed by atoms with Gasteiger partial charge in [-0.3, -0.25) is 24.4 Å². The lowest BCUT2D eigenvalue weighted by Gasteiger charge is -2.41. The van der Waals surface area contributed by atoms with Crippen molar-refractivity contribution in [1.29, 1.82) is 5.26 Å². The number of halogens is 7. The van der Waals surface area contributed by atoms with Gasteiger partial charge in [-0.1, -0.05) is 19.4 Å². The third-order valence-corrected chi connectivity index (χ3v) is 8.84. The van der Waals surface area contributed by atoms with E-state index in [1.165, 1.54) is 25.4 Å². The molecule has 1 aromatic carbocycles. The van der Waals surface area contributed by atoms with Gasteiger partial charge in [0.25, 0.3) is 5.91 Å². The Balaban J connectivity index is 1.84. The van der Waals surface area contributed by atoms with Crippen molar-refractivity contribution in [2.75, 3.05) is 11.4 Å². The summed E-state index contributed by atoms with van der Waals surface area (Å²) < 4.78 is 95.1. The highest BCUT2D eigenvalue weighted by Crippen LogP contribution is 3.02. The molecule has 1 aliphatic carbocycles. The third kappa shape index (κ3) is 7.32. The van der Waals surface area contributed by atoms with Crippen LogP contribution in [0.5, 0.6) is 0 Å². The monoisotopic (exact) mass is 637 g/mol. The number of nitrogens with one attached hydrogen (secondary N) is 1. The minimum absolute atomic E-state index is 0.0856. The van der Waals surface area contributed by atoms with Crippen LogP contribution in [0.2, 0.25) is 0 Å². The molecule has 2 aliphatic rings. The Labute approximate surface area is 243 Å². The zero-order valence-electron chi connectivity index (χ0n) is 23.1. The zero-order valence-corrected chi connectivity index (χ0v) is 23.9. The number of pyridine rings is 1. The third-order valence-electron chi connectivity index (χ3n) is 7.68. The Bertz CT molecular complexity index is 1440. The molecule has 43 heavy (non-hydrogen) atoms. The highest BCUT2D eigenvalue weighted by molar-refractivity contribution is 8.45. The average Bonchev–Trinajstić information content (AvgIpc) is 3.22. The van der Waals surface area contributed by atoms with Crippen LogP contribution >= 0.6 is 10.2 Å². The zero-order chi connectivity index (χ0) is 32.1. The second-order valence-corrected chi connectivity index (χ2v) is 13.8. The van der Waals surface area contributed by atoms with Gasteiger partial charge in [-0.25, -0.2) is 8.78 Å². The molecule has 2 aromatic rings. The first kappa shape index (κ1) is 32.3. The molecule has 2 amide bonds. The van der Waals surface area contributed by atoms with Gasteiger partial charge in [0.15, 0.2) is 6.19 Å². The van der Waals surface area contributed by atoms with E-state index in [4.69, 9.17) is 0 Å². The molecule has 1 saturated carbocycles. The van der Waals surface area contributed by atoms with Crippen molar-refractivity contribution in [3.8, 4) is 6.19 Å². The number of aryl methyl sites for hydroxylation is 1. The number of β-amino-alcohol motifs (C(OH)–C–C–N with tert-alkyl or cyclic N) is 1. The van der Waals surface area contributed by atoms with E-state index in [1.54, 1.807) is 13.1 Å². The first-order valence-electron chi connectivity index (χ1n) is 13.3. The minimum Gasteiger partial charge on any atom is -0.388 e. The van der Waals surface area contributed by atoms with Crippen molar-refractivity contribution >= 4 is 27.7 Å². The highest BCUT2D eigenvalue weighted by atomic mass is 32.5. The number of amides is 2. The fourth-order valence-corrected chi connectivity index (χ4v) is 6.10. The van der Waals surface area contributed by atoms with Crippen LogP contribution in [0.4, 0.5) is 33.9 Å². The molecular weight excluding hydrogens is 607 g/mol. The highest BCUT2D eigenvalue weighted by Gasteiger charge is 2.65. The molecule has 1 aliphatic heterocycles. The van der Waals surface area contributed by atoms with Crippen molar-refractivity contribution in [2.45, 2.75) is 80.5 Å². The van der Waals surface area contributed by atoms with E-state index in [1.807, 2.05) is 0 Å². The topological polar surface area (TPSA) is 110 Å². The second kappa shape index (κ2) is 10.3. The Hall–Kier alpha value is -3.58. The number of alkyl halides is 2. The van der Waals surface area contributed by atoms with Gasteiger partial charge in [-0.05, 0) is 62.6 Å². The standard InChI is InChI=1S/C27H30F7N5O3S/c1-17-9-12-36-14-21(17)23(24(40)37-18-7-10-27(28,29)11-8-18)39(25(41)22-13-26(2,42)15-38(22)16-35)19-3-5-20(6-4-19)43(30,31,32,33)34/h3-6,9,12,14,18,22-23,42H,7-8,10-11,13,15H2,1-2H3,(H,37,40)/t22-,23?,26-/m1/s1. The molecule has 4 rings (SSSR count). The van der Waals surface area contributed by atoms with Crippen LogP contribution < -0.4 is 10.2 Å². The van der Waals surface area contributed by atoms with Gasteiger partial charge in [0.2, 0.25) is 11.8 Å². The van der Waals surface area contributed by atoms with Crippen LogP contribution in [-0.4, -0.2) is 57.0 Å². The number of hydrogen-bond donors (Lipinski definition) is 2. The summed E-state index contributed by atoms with van der Waals surface area (Å²) in [7, 11) is -10.1. The summed E-state index contributed by atoms with van der Waals surface area (Å²) in [5.41, 5.74) is -1.39. The number of rotatable bonds is 7. The Morgan fingerprint density at radius 1 is 1.14 bits per heavy atom. The van der Waals surface area contributed by atoms with Gasteiger partial charge in [0.1, 0.15) is 17.0 Å². The summed E-state index contributed by atoms with van der Waals surface area (Å²) in [6.45, 7) is 2.67. The normalized spacial score (nSPS) is 24.8. The molecule has 0 bridgehead atoms. The Morgan fingerprint density at radius 3 is 2.28 bits per heavy atom. The molecular formula is C27H30F7N5O3S. The number of likely N-dealkylation sites (tertiary alicyclic amines) is 1. The number of aliphatic hydroxyl groups is 1. The van der Waals surface area contributed by atoms with Gasteiger partial charge in [-0.2, -0.15) is 5.26 Å². The second-order valence-electron chi connectivity index (χ2n) is 11.4.